The molecule has 92 valence electrons. The molecule has 1 heterocycles. The molecule has 1 aromatic rings. The molecule has 0 fully saturated rings. The SMILES string of the molecule is CCC(C)C(=O)Cn1c2c(ccc1=O)CCC2. The molecule has 0 amide bonds. The van der Waals surface area contributed by atoms with E-state index in [-0.39, 0.29) is 23.8 Å². The molecule has 1 atom stereocenters. The summed E-state index contributed by atoms with van der Waals surface area (Å²) in [6, 6.07) is 3.50. The summed E-state index contributed by atoms with van der Waals surface area (Å²) in [6.07, 6.45) is 3.89. The fourth-order valence-corrected chi connectivity index (χ4v) is 2.35. The highest BCUT2D eigenvalue weighted by Gasteiger charge is 2.19. The highest BCUT2D eigenvalue weighted by atomic mass is 16.1. The standard InChI is InChI=1S/C14H19NO2/c1-3-10(2)13(16)9-15-12-6-4-5-11(12)7-8-14(15)17/h7-8,10H,3-6,9H2,1-2H3. The first-order valence-corrected chi connectivity index (χ1v) is 6.37. The molecule has 1 aromatic heterocycles. The minimum atomic E-state index is -0.0395. The van der Waals surface area contributed by atoms with Crippen molar-refractivity contribution in [1.82, 2.24) is 4.57 Å². The van der Waals surface area contributed by atoms with Crippen molar-refractivity contribution in [3.8, 4) is 0 Å². The third-order valence-electron chi connectivity index (χ3n) is 3.73. The van der Waals surface area contributed by atoms with Gasteiger partial charge in [0, 0.05) is 17.7 Å². The second kappa shape index (κ2) is 4.86. The number of pyridine rings is 1. The molecule has 17 heavy (non-hydrogen) atoms. The summed E-state index contributed by atoms with van der Waals surface area (Å²) in [5.74, 6) is 0.203. The number of aryl methyl sites for hydroxylation is 1. The Hall–Kier alpha value is -1.38. The van der Waals surface area contributed by atoms with Gasteiger partial charge >= 0.3 is 0 Å². The van der Waals surface area contributed by atoms with Crippen LogP contribution in [0.3, 0.4) is 0 Å². The summed E-state index contributed by atoms with van der Waals surface area (Å²) in [7, 11) is 0. The molecule has 0 bridgehead atoms. The lowest BCUT2D eigenvalue weighted by atomic mass is 10.0. The zero-order chi connectivity index (χ0) is 12.4. The number of carbonyl (C=O) groups excluding carboxylic acids is 1. The first-order valence-electron chi connectivity index (χ1n) is 6.37. The van der Waals surface area contributed by atoms with E-state index in [1.54, 1.807) is 10.6 Å². The molecular formula is C14H19NO2. The van der Waals surface area contributed by atoms with E-state index in [0.29, 0.717) is 0 Å². The van der Waals surface area contributed by atoms with Gasteiger partial charge in [-0.25, -0.2) is 0 Å². The van der Waals surface area contributed by atoms with Crippen LogP contribution in [0.25, 0.3) is 0 Å². The number of ketones is 1. The molecule has 0 aromatic carbocycles. The summed E-state index contributed by atoms with van der Waals surface area (Å²) in [6.45, 7) is 4.17. The van der Waals surface area contributed by atoms with Gasteiger partial charge in [-0.15, -0.1) is 0 Å². The van der Waals surface area contributed by atoms with E-state index in [4.69, 9.17) is 0 Å². The first kappa shape index (κ1) is 12.1. The van der Waals surface area contributed by atoms with Crippen molar-refractivity contribution >= 4 is 5.78 Å². The molecule has 3 nitrogen and oxygen atoms in total. The number of nitrogens with zero attached hydrogens (tertiary/aromatic N) is 1. The Morgan fingerprint density at radius 1 is 1.41 bits per heavy atom. The van der Waals surface area contributed by atoms with Crippen LogP contribution in [0.2, 0.25) is 0 Å². The van der Waals surface area contributed by atoms with Gasteiger partial charge in [0.1, 0.15) is 0 Å². The Morgan fingerprint density at radius 3 is 2.88 bits per heavy atom. The molecule has 1 unspecified atom stereocenters. The van der Waals surface area contributed by atoms with Gasteiger partial charge in [0.2, 0.25) is 0 Å². The van der Waals surface area contributed by atoms with E-state index in [2.05, 4.69) is 0 Å². The van der Waals surface area contributed by atoms with Gasteiger partial charge in [-0.1, -0.05) is 19.9 Å². The predicted octanol–water partition coefficient (Wildman–Crippen LogP) is 1.95. The van der Waals surface area contributed by atoms with E-state index in [9.17, 15) is 9.59 Å². The van der Waals surface area contributed by atoms with Crippen molar-refractivity contribution < 1.29 is 4.79 Å². The van der Waals surface area contributed by atoms with Crippen LogP contribution in [0.1, 0.15) is 37.9 Å². The molecule has 0 spiro atoms. The van der Waals surface area contributed by atoms with Crippen LogP contribution in [-0.4, -0.2) is 10.4 Å². The Bertz CT molecular complexity index is 487. The molecule has 0 saturated heterocycles. The lowest BCUT2D eigenvalue weighted by Gasteiger charge is -2.13. The maximum atomic E-state index is 11.9. The van der Waals surface area contributed by atoms with Crippen LogP contribution in [0.5, 0.6) is 0 Å². The molecule has 1 aliphatic rings. The maximum Gasteiger partial charge on any atom is 0.251 e. The fraction of sp³-hybridized carbons (Fsp3) is 0.571. The molecule has 0 radical (unpaired) electrons. The van der Waals surface area contributed by atoms with Gasteiger partial charge in [0.25, 0.3) is 5.56 Å². The third kappa shape index (κ3) is 2.33. The van der Waals surface area contributed by atoms with Crippen LogP contribution < -0.4 is 5.56 Å². The molecule has 0 N–H and O–H groups in total. The highest BCUT2D eigenvalue weighted by molar-refractivity contribution is 5.80. The summed E-state index contributed by atoms with van der Waals surface area (Å²) in [5.41, 5.74) is 2.28. The van der Waals surface area contributed by atoms with Crippen molar-refractivity contribution in [3.63, 3.8) is 0 Å². The lowest BCUT2D eigenvalue weighted by molar-refractivity contribution is -0.123. The van der Waals surface area contributed by atoms with Gasteiger partial charge in [-0.2, -0.15) is 0 Å². The molecule has 0 aliphatic heterocycles. The zero-order valence-electron chi connectivity index (χ0n) is 10.5. The maximum absolute atomic E-state index is 11.9. The Morgan fingerprint density at radius 2 is 2.18 bits per heavy atom. The van der Waals surface area contributed by atoms with Crippen molar-refractivity contribution in [2.75, 3.05) is 0 Å². The largest absolute Gasteiger partial charge is 0.305 e. The summed E-state index contributed by atoms with van der Waals surface area (Å²) in [5, 5.41) is 0. The Kier molecular flexibility index (Phi) is 3.46. The molecular weight excluding hydrogens is 214 g/mol. The molecule has 2 rings (SSSR count). The average molecular weight is 233 g/mol. The Labute approximate surface area is 101 Å². The summed E-state index contributed by atoms with van der Waals surface area (Å²) >= 11 is 0. The van der Waals surface area contributed by atoms with Crippen LogP contribution in [0, 0.1) is 5.92 Å². The van der Waals surface area contributed by atoms with Crippen LogP contribution in [0.4, 0.5) is 0 Å². The van der Waals surface area contributed by atoms with Crippen molar-refractivity contribution in [1.29, 1.82) is 0 Å². The van der Waals surface area contributed by atoms with Gasteiger partial charge in [-0.05, 0) is 31.2 Å². The second-order valence-corrected chi connectivity index (χ2v) is 4.86. The average Bonchev–Trinajstić information content (AvgIpc) is 2.80. The van der Waals surface area contributed by atoms with Gasteiger partial charge in [0.15, 0.2) is 5.78 Å². The number of aromatic nitrogens is 1. The van der Waals surface area contributed by atoms with Crippen molar-refractivity contribution in [2.24, 2.45) is 5.92 Å². The molecule has 0 saturated carbocycles. The third-order valence-corrected chi connectivity index (χ3v) is 3.73. The monoisotopic (exact) mass is 233 g/mol. The van der Waals surface area contributed by atoms with Gasteiger partial charge in [0.05, 0.1) is 6.54 Å². The second-order valence-electron chi connectivity index (χ2n) is 4.86. The minimum absolute atomic E-state index is 0.0395. The lowest BCUT2D eigenvalue weighted by Crippen LogP contribution is -2.28. The van der Waals surface area contributed by atoms with Crippen LogP contribution in [-0.2, 0) is 24.2 Å². The van der Waals surface area contributed by atoms with Crippen molar-refractivity contribution in [3.05, 3.63) is 33.7 Å². The number of rotatable bonds is 4. The summed E-state index contributed by atoms with van der Waals surface area (Å²) in [4.78, 5) is 23.8. The van der Waals surface area contributed by atoms with E-state index in [0.717, 1.165) is 31.4 Å². The van der Waals surface area contributed by atoms with Gasteiger partial charge < -0.3 is 4.57 Å². The Balaban J connectivity index is 2.30. The first-order chi connectivity index (χ1) is 8.13. The van der Waals surface area contributed by atoms with Crippen LogP contribution in [0.15, 0.2) is 16.9 Å². The number of hydrogen-bond donors (Lipinski definition) is 0. The van der Waals surface area contributed by atoms with Crippen LogP contribution >= 0.6 is 0 Å². The van der Waals surface area contributed by atoms with E-state index in [1.807, 2.05) is 19.9 Å². The smallest absolute Gasteiger partial charge is 0.251 e. The van der Waals surface area contributed by atoms with E-state index < -0.39 is 0 Å². The zero-order valence-corrected chi connectivity index (χ0v) is 10.5. The number of fused-ring (bicyclic) bond motifs is 1. The van der Waals surface area contributed by atoms with E-state index in [1.165, 1.54) is 5.56 Å². The topological polar surface area (TPSA) is 39.1 Å². The van der Waals surface area contributed by atoms with E-state index >= 15 is 0 Å². The summed E-state index contributed by atoms with van der Waals surface area (Å²) < 4.78 is 1.68. The fourth-order valence-electron chi connectivity index (χ4n) is 2.35. The number of carbonyl (C=O) groups is 1. The number of hydrogen-bond acceptors (Lipinski definition) is 2. The quantitative estimate of drug-likeness (QED) is 0.797. The number of Topliss-reactive ketones (excluding diaryl/α,β-unsaturated/α-hetero) is 1. The minimum Gasteiger partial charge on any atom is -0.305 e. The normalized spacial score (nSPS) is 15.6. The molecule has 1 aliphatic carbocycles. The predicted molar refractivity (Wildman–Crippen MR) is 67.2 cm³/mol. The highest BCUT2D eigenvalue weighted by Crippen LogP contribution is 2.20. The molecule has 3 heteroatoms. The van der Waals surface area contributed by atoms with Gasteiger partial charge in [-0.3, -0.25) is 9.59 Å². The van der Waals surface area contributed by atoms with Crippen molar-refractivity contribution in [2.45, 2.75) is 46.1 Å².